The van der Waals surface area contributed by atoms with Crippen molar-refractivity contribution in [2.24, 2.45) is 0 Å². The van der Waals surface area contributed by atoms with E-state index in [1.807, 2.05) is 9.24 Å². The van der Waals surface area contributed by atoms with Gasteiger partial charge in [0, 0.05) is 5.56 Å². The normalized spacial score (nSPS) is 13.1. The van der Waals surface area contributed by atoms with E-state index in [-0.39, 0.29) is 5.56 Å². The summed E-state index contributed by atoms with van der Waals surface area (Å²) in [5, 5.41) is 0. The summed E-state index contributed by atoms with van der Waals surface area (Å²) in [5.74, 6) is -1.76. The fourth-order valence-corrected chi connectivity index (χ4v) is 1.14. The average Bonchev–Trinajstić information content (AvgIpc) is 1.94. The smallest absolute Gasteiger partial charge is 0.141 e. The fraction of sp³-hybridized carbons (Fsp3) is 0.250. The molecular formula is C8H9F2P. The van der Waals surface area contributed by atoms with E-state index in [9.17, 15) is 8.78 Å². The zero-order chi connectivity index (χ0) is 8.43. The first-order valence-electron chi connectivity index (χ1n) is 3.27. The number of hydrogen-bond donors (Lipinski definition) is 0. The third kappa shape index (κ3) is 1.75. The summed E-state index contributed by atoms with van der Waals surface area (Å²) >= 11 is 0. The molecule has 2 atom stereocenters. The monoisotopic (exact) mass is 174 g/mol. The summed E-state index contributed by atoms with van der Waals surface area (Å²) in [4.78, 5) is 0. The molecule has 0 nitrogen and oxygen atoms in total. The molecule has 1 rings (SSSR count). The van der Waals surface area contributed by atoms with Gasteiger partial charge in [-0.1, -0.05) is 27.4 Å². The van der Waals surface area contributed by atoms with Crippen LogP contribution in [0.25, 0.3) is 0 Å². The van der Waals surface area contributed by atoms with Gasteiger partial charge in [-0.2, -0.15) is 0 Å². The maximum atomic E-state index is 13.0. The third-order valence-electron chi connectivity index (χ3n) is 1.52. The van der Waals surface area contributed by atoms with Crippen LogP contribution in [-0.2, 0) is 0 Å². The molecule has 0 aromatic heterocycles. The largest absolute Gasteiger partial charge is 0.238 e. The van der Waals surface area contributed by atoms with Crippen molar-refractivity contribution in [2.75, 3.05) is 0 Å². The van der Waals surface area contributed by atoms with Gasteiger partial charge in [-0.3, -0.25) is 0 Å². The van der Waals surface area contributed by atoms with E-state index in [0.717, 1.165) is 0 Å². The number of hydrogen-bond acceptors (Lipinski definition) is 0. The quantitative estimate of drug-likeness (QED) is 0.574. The summed E-state index contributed by atoms with van der Waals surface area (Å²) in [6.07, 6.45) is 0. The number of aryl methyl sites for hydroxylation is 1. The van der Waals surface area contributed by atoms with Crippen molar-refractivity contribution in [2.45, 2.75) is 12.8 Å². The predicted molar refractivity (Wildman–Crippen MR) is 44.7 cm³/mol. The minimum absolute atomic E-state index is 0.106. The lowest BCUT2D eigenvalue weighted by Crippen LogP contribution is -1.91. The molecule has 0 aliphatic carbocycles. The Kier molecular flexibility index (Phi) is 2.56. The Bertz CT molecular complexity index is 258. The number of benzene rings is 1. The molecule has 0 saturated heterocycles. The van der Waals surface area contributed by atoms with Crippen LogP contribution in [0.5, 0.6) is 0 Å². The Labute approximate surface area is 66.8 Å². The second-order valence-electron chi connectivity index (χ2n) is 2.38. The Morgan fingerprint density at radius 2 is 2.09 bits per heavy atom. The molecule has 0 aliphatic heterocycles. The van der Waals surface area contributed by atoms with Gasteiger partial charge < -0.3 is 0 Å². The van der Waals surface area contributed by atoms with Crippen molar-refractivity contribution in [1.29, 1.82) is 0 Å². The molecule has 60 valence electrons. The lowest BCUT2D eigenvalue weighted by Gasteiger charge is -2.04. The minimum Gasteiger partial charge on any atom is -0.238 e. The molecule has 0 saturated carbocycles. The van der Waals surface area contributed by atoms with Crippen molar-refractivity contribution in [3.05, 3.63) is 35.1 Å². The van der Waals surface area contributed by atoms with Gasteiger partial charge in [-0.05, 0) is 12.5 Å². The zero-order valence-electron chi connectivity index (χ0n) is 6.14. The molecule has 0 amide bonds. The summed E-state index contributed by atoms with van der Waals surface area (Å²) in [7, 11) is 1.92. The standard InChI is InChI=1S/C8H9F2P/c1-5-3-2-4-6(7(5)9)8(10)11/h2-4,8H,11H2,1H3. The molecule has 0 heterocycles. The van der Waals surface area contributed by atoms with Crippen LogP contribution < -0.4 is 0 Å². The molecule has 0 fully saturated rings. The summed E-state index contributed by atoms with van der Waals surface area (Å²) in [6, 6.07) is 4.70. The highest BCUT2D eigenvalue weighted by molar-refractivity contribution is 7.16. The van der Waals surface area contributed by atoms with Gasteiger partial charge >= 0.3 is 0 Å². The van der Waals surface area contributed by atoms with Gasteiger partial charge in [0.2, 0.25) is 0 Å². The average molecular weight is 174 g/mol. The molecule has 0 aliphatic rings. The number of alkyl halides is 1. The maximum absolute atomic E-state index is 13.0. The van der Waals surface area contributed by atoms with Crippen LogP contribution in [0.1, 0.15) is 17.0 Å². The van der Waals surface area contributed by atoms with Gasteiger partial charge in [-0.25, -0.2) is 8.78 Å². The van der Waals surface area contributed by atoms with Crippen molar-refractivity contribution < 1.29 is 8.78 Å². The van der Waals surface area contributed by atoms with Crippen LogP contribution in [0, 0.1) is 12.7 Å². The molecule has 1 aromatic carbocycles. The second kappa shape index (κ2) is 3.27. The molecule has 3 heteroatoms. The van der Waals surface area contributed by atoms with Crippen molar-refractivity contribution >= 4 is 9.24 Å². The number of halogens is 2. The van der Waals surface area contributed by atoms with Gasteiger partial charge in [0.05, 0.1) is 0 Å². The molecule has 0 radical (unpaired) electrons. The third-order valence-corrected chi connectivity index (χ3v) is 1.88. The van der Waals surface area contributed by atoms with E-state index >= 15 is 0 Å². The topological polar surface area (TPSA) is 0 Å². The van der Waals surface area contributed by atoms with Gasteiger partial charge in [0.15, 0.2) is 0 Å². The molecule has 0 spiro atoms. The van der Waals surface area contributed by atoms with Crippen LogP contribution >= 0.6 is 9.24 Å². The summed E-state index contributed by atoms with van der Waals surface area (Å²) < 4.78 is 25.6. The highest BCUT2D eigenvalue weighted by Crippen LogP contribution is 2.27. The van der Waals surface area contributed by atoms with E-state index in [1.165, 1.54) is 6.07 Å². The number of rotatable bonds is 1. The first-order valence-corrected chi connectivity index (χ1v) is 3.94. The highest BCUT2D eigenvalue weighted by Gasteiger charge is 2.09. The second-order valence-corrected chi connectivity index (χ2v) is 2.97. The van der Waals surface area contributed by atoms with Crippen molar-refractivity contribution in [3.63, 3.8) is 0 Å². The lowest BCUT2D eigenvalue weighted by atomic mass is 10.1. The van der Waals surface area contributed by atoms with Crippen LogP contribution in [0.4, 0.5) is 8.78 Å². The van der Waals surface area contributed by atoms with E-state index in [0.29, 0.717) is 5.56 Å². The van der Waals surface area contributed by atoms with Crippen LogP contribution in [0.15, 0.2) is 18.2 Å². The Hall–Kier alpha value is -0.490. The van der Waals surface area contributed by atoms with Gasteiger partial charge in [0.1, 0.15) is 11.7 Å². The first kappa shape index (κ1) is 8.61. The van der Waals surface area contributed by atoms with Crippen LogP contribution in [0.2, 0.25) is 0 Å². The SMILES string of the molecule is Cc1cccc(C(F)P)c1F. The van der Waals surface area contributed by atoms with Crippen LogP contribution in [0.3, 0.4) is 0 Å². The van der Waals surface area contributed by atoms with E-state index in [4.69, 9.17) is 0 Å². The highest BCUT2D eigenvalue weighted by atomic mass is 31.0. The maximum Gasteiger partial charge on any atom is 0.141 e. The predicted octanol–water partition coefficient (Wildman–Crippen LogP) is 2.98. The Balaban J connectivity index is 3.17. The molecular weight excluding hydrogens is 165 g/mol. The molecule has 0 N–H and O–H groups in total. The summed E-state index contributed by atoms with van der Waals surface area (Å²) in [6.45, 7) is 1.62. The minimum atomic E-state index is -1.31. The Morgan fingerprint density at radius 1 is 1.45 bits per heavy atom. The molecule has 2 unspecified atom stereocenters. The van der Waals surface area contributed by atoms with E-state index in [2.05, 4.69) is 0 Å². The lowest BCUT2D eigenvalue weighted by molar-refractivity contribution is 0.448. The molecule has 1 aromatic rings. The van der Waals surface area contributed by atoms with Crippen molar-refractivity contribution in [3.8, 4) is 0 Å². The van der Waals surface area contributed by atoms with Gasteiger partial charge in [-0.15, -0.1) is 0 Å². The van der Waals surface area contributed by atoms with E-state index in [1.54, 1.807) is 19.1 Å². The molecule has 11 heavy (non-hydrogen) atoms. The van der Waals surface area contributed by atoms with E-state index < -0.39 is 11.7 Å². The summed E-state index contributed by atoms with van der Waals surface area (Å²) in [5.41, 5.74) is 0.586. The first-order chi connectivity index (χ1) is 5.13. The van der Waals surface area contributed by atoms with Gasteiger partial charge in [0.25, 0.3) is 0 Å². The zero-order valence-corrected chi connectivity index (χ0v) is 7.30. The fourth-order valence-electron chi connectivity index (χ4n) is 0.883. The molecule has 0 bridgehead atoms. The van der Waals surface area contributed by atoms with Crippen LogP contribution in [-0.4, -0.2) is 0 Å². The van der Waals surface area contributed by atoms with Crippen molar-refractivity contribution in [1.82, 2.24) is 0 Å². The Morgan fingerprint density at radius 3 is 2.55 bits per heavy atom.